The summed E-state index contributed by atoms with van der Waals surface area (Å²) in [6.45, 7) is 10.1. The monoisotopic (exact) mass is 454 g/mol. The van der Waals surface area contributed by atoms with Crippen molar-refractivity contribution >= 4 is 39.5 Å². The lowest BCUT2D eigenvalue weighted by molar-refractivity contribution is -0.140. The first-order valence-corrected chi connectivity index (χ1v) is 9.81. The molecule has 1 heterocycles. The van der Waals surface area contributed by atoms with Crippen LogP contribution >= 0.6 is 27.5 Å². The van der Waals surface area contributed by atoms with Crippen molar-refractivity contribution in [3.8, 4) is 0 Å². The molecule has 5 nitrogen and oxygen atoms in total. The summed E-state index contributed by atoms with van der Waals surface area (Å²) in [5, 5.41) is 3.67. The number of amides is 2. The van der Waals surface area contributed by atoms with Gasteiger partial charge >= 0.3 is 12.0 Å². The SMILES string of the molecule is C=C(CCC(=O)OC)N1C=C(C(C)C)[C@](C)(c2ccc(Br)c(Cl)c2)NC1=O. The number of halogens is 2. The quantitative estimate of drug-likeness (QED) is 0.588. The van der Waals surface area contributed by atoms with Gasteiger partial charge in [0.05, 0.1) is 24.1 Å². The summed E-state index contributed by atoms with van der Waals surface area (Å²) in [6, 6.07) is 5.36. The van der Waals surface area contributed by atoms with E-state index >= 15 is 0 Å². The van der Waals surface area contributed by atoms with Crippen LogP contribution in [0.4, 0.5) is 4.79 Å². The normalized spacial score (nSPS) is 19.6. The Bertz CT molecular complexity index is 806. The van der Waals surface area contributed by atoms with Crippen LogP contribution in [0.5, 0.6) is 0 Å². The first-order chi connectivity index (χ1) is 12.6. The Morgan fingerprint density at radius 2 is 2.07 bits per heavy atom. The van der Waals surface area contributed by atoms with E-state index in [1.165, 1.54) is 12.0 Å². The van der Waals surface area contributed by atoms with Gasteiger partial charge in [0.2, 0.25) is 0 Å². The van der Waals surface area contributed by atoms with Crippen molar-refractivity contribution in [2.45, 2.75) is 39.2 Å². The van der Waals surface area contributed by atoms with Crippen LogP contribution in [0.3, 0.4) is 0 Å². The van der Waals surface area contributed by atoms with Gasteiger partial charge in [-0.2, -0.15) is 0 Å². The van der Waals surface area contributed by atoms with E-state index in [0.717, 1.165) is 15.6 Å². The molecule has 1 N–H and O–H groups in total. The molecule has 0 fully saturated rings. The number of ether oxygens (including phenoxy) is 1. The molecule has 2 amide bonds. The number of methoxy groups -OCH3 is 1. The van der Waals surface area contributed by atoms with Crippen LogP contribution in [0.1, 0.15) is 39.2 Å². The topological polar surface area (TPSA) is 58.6 Å². The van der Waals surface area contributed by atoms with Gasteiger partial charge in [-0.15, -0.1) is 0 Å². The fraction of sp³-hybridized carbons (Fsp3) is 0.400. The molecule has 0 unspecified atom stereocenters. The number of allylic oxidation sites excluding steroid dienone is 1. The van der Waals surface area contributed by atoms with Crippen LogP contribution in [0, 0.1) is 5.92 Å². The largest absolute Gasteiger partial charge is 0.469 e. The lowest BCUT2D eigenvalue weighted by Gasteiger charge is -2.42. The van der Waals surface area contributed by atoms with Crippen LogP contribution in [0.25, 0.3) is 0 Å². The van der Waals surface area contributed by atoms with E-state index in [0.29, 0.717) is 17.1 Å². The van der Waals surface area contributed by atoms with E-state index < -0.39 is 5.54 Å². The molecule has 0 saturated carbocycles. The third-order valence-electron chi connectivity index (χ3n) is 4.73. The minimum atomic E-state index is -0.700. The number of hydrogen-bond acceptors (Lipinski definition) is 3. The highest BCUT2D eigenvalue weighted by Gasteiger charge is 2.40. The summed E-state index contributed by atoms with van der Waals surface area (Å²) >= 11 is 9.67. The lowest BCUT2D eigenvalue weighted by Crippen LogP contribution is -2.54. The molecule has 0 aromatic heterocycles. The van der Waals surface area contributed by atoms with E-state index in [9.17, 15) is 9.59 Å². The Kier molecular flexibility index (Phi) is 6.76. The number of hydrogen-bond donors (Lipinski definition) is 1. The van der Waals surface area contributed by atoms with E-state index in [1.54, 1.807) is 0 Å². The molecule has 1 atom stereocenters. The molecule has 0 spiro atoms. The number of nitrogens with zero attached hydrogens (tertiary/aromatic N) is 1. The number of carbonyl (C=O) groups is 2. The van der Waals surface area contributed by atoms with Gasteiger partial charge < -0.3 is 10.1 Å². The van der Waals surface area contributed by atoms with Crippen LogP contribution in [0.2, 0.25) is 5.02 Å². The summed E-state index contributed by atoms with van der Waals surface area (Å²) in [6.07, 6.45) is 2.32. The Morgan fingerprint density at radius 3 is 2.63 bits per heavy atom. The Labute approximate surface area is 173 Å². The number of esters is 1. The van der Waals surface area contributed by atoms with Gasteiger partial charge in [0.25, 0.3) is 0 Å². The summed E-state index contributed by atoms with van der Waals surface area (Å²) in [5.41, 5.74) is 1.74. The van der Waals surface area contributed by atoms with Gasteiger partial charge in [-0.1, -0.05) is 38.1 Å². The maximum atomic E-state index is 12.8. The van der Waals surface area contributed by atoms with Crippen molar-refractivity contribution in [3.05, 3.63) is 57.3 Å². The van der Waals surface area contributed by atoms with Gasteiger partial charge in [-0.05, 0) is 58.5 Å². The predicted molar refractivity (Wildman–Crippen MR) is 110 cm³/mol. The van der Waals surface area contributed by atoms with Crippen LogP contribution in [-0.2, 0) is 15.1 Å². The van der Waals surface area contributed by atoms with Crippen LogP contribution < -0.4 is 5.32 Å². The Hall–Kier alpha value is -1.79. The highest BCUT2D eigenvalue weighted by atomic mass is 79.9. The Morgan fingerprint density at radius 1 is 1.41 bits per heavy atom. The summed E-state index contributed by atoms with van der Waals surface area (Å²) in [5.74, 6) is -0.176. The molecule has 0 bridgehead atoms. The maximum Gasteiger partial charge on any atom is 0.326 e. The molecule has 1 aliphatic heterocycles. The molecular weight excluding hydrogens is 432 g/mol. The zero-order valence-electron chi connectivity index (χ0n) is 15.9. The molecule has 1 aliphatic rings. The third-order valence-corrected chi connectivity index (χ3v) is 5.96. The number of urea groups is 1. The lowest BCUT2D eigenvalue weighted by atomic mass is 9.78. The van der Waals surface area contributed by atoms with Crippen LogP contribution in [-0.4, -0.2) is 24.0 Å². The average molecular weight is 456 g/mol. The van der Waals surface area contributed by atoms with Crippen molar-refractivity contribution in [2.24, 2.45) is 5.92 Å². The molecule has 0 saturated heterocycles. The molecular formula is C20H24BrClN2O3. The second-order valence-corrected chi connectivity index (χ2v) is 8.20. The Balaban J connectivity index is 2.40. The van der Waals surface area contributed by atoms with E-state index in [4.69, 9.17) is 11.6 Å². The number of carbonyl (C=O) groups excluding carboxylic acids is 2. The van der Waals surface area contributed by atoms with E-state index in [2.05, 4.69) is 46.4 Å². The number of rotatable bonds is 6. The highest BCUT2D eigenvalue weighted by molar-refractivity contribution is 9.10. The van der Waals surface area contributed by atoms with E-state index in [1.807, 2.05) is 31.3 Å². The summed E-state index contributed by atoms with van der Waals surface area (Å²) in [7, 11) is 1.34. The minimum Gasteiger partial charge on any atom is -0.469 e. The van der Waals surface area contributed by atoms with Gasteiger partial charge in [0, 0.05) is 16.4 Å². The molecule has 1 aromatic carbocycles. The molecule has 146 valence electrons. The molecule has 2 rings (SSSR count). The van der Waals surface area contributed by atoms with Crippen molar-refractivity contribution in [3.63, 3.8) is 0 Å². The smallest absolute Gasteiger partial charge is 0.326 e. The van der Waals surface area contributed by atoms with Crippen LogP contribution in [0.15, 0.2) is 46.7 Å². The van der Waals surface area contributed by atoms with Crippen molar-refractivity contribution in [1.29, 1.82) is 0 Å². The van der Waals surface area contributed by atoms with E-state index in [-0.39, 0.29) is 24.3 Å². The molecule has 27 heavy (non-hydrogen) atoms. The second kappa shape index (κ2) is 8.48. The van der Waals surface area contributed by atoms with Gasteiger partial charge in [0.1, 0.15) is 0 Å². The van der Waals surface area contributed by atoms with Gasteiger partial charge in [-0.25, -0.2) is 4.79 Å². The summed E-state index contributed by atoms with van der Waals surface area (Å²) in [4.78, 5) is 25.7. The molecule has 1 aromatic rings. The fourth-order valence-electron chi connectivity index (χ4n) is 3.15. The van der Waals surface area contributed by atoms with Crippen molar-refractivity contribution < 1.29 is 14.3 Å². The van der Waals surface area contributed by atoms with Gasteiger partial charge in [0.15, 0.2) is 0 Å². The highest BCUT2D eigenvalue weighted by Crippen LogP contribution is 2.39. The average Bonchev–Trinajstić information content (AvgIpc) is 2.61. The minimum absolute atomic E-state index is 0.161. The summed E-state index contributed by atoms with van der Waals surface area (Å²) < 4.78 is 5.45. The zero-order valence-corrected chi connectivity index (χ0v) is 18.3. The first-order valence-electron chi connectivity index (χ1n) is 8.63. The second-order valence-electron chi connectivity index (χ2n) is 6.94. The maximum absolute atomic E-state index is 12.8. The van der Waals surface area contributed by atoms with Crippen molar-refractivity contribution in [2.75, 3.05) is 7.11 Å². The molecule has 7 heteroatoms. The van der Waals surface area contributed by atoms with Crippen molar-refractivity contribution in [1.82, 2.24) is 10.2 Å². The number of benzene rings is 1. The zero-order chi connectivity index (χ0) is 20.4. The first kappa shape index (κ1) is 21.5. The molecule has 0 aliphatic carbocycles. The standard InChI is InChI=1S/C20H24BrClN2O3/c1-12(2)15-11-24(13(3)6-9-18(25)27-5)19(26)23-20(15,4)14-7-8-16(21)17(22)10-14/h7-8,10-12H,3,6,9H2,1-2,4-5H3,(H,23,26)/t20-/m0/s1. The predicted octanol–water partition coefficient (Wildman–Crippen LogP) is 5.35. The molecule has 0 radical (unpaired) electrons. The fourth-order valence-corrected chi connectivity index (χ4v) is 3.58. The number of nitrogens with one attached hydrogen (secondary N) is 1. The van der Waals surface area contributed by atoms with Gasteiger partial charge in [-0.3, -0.25) is 9.69 Å². The third kappa shape index (κ3) is 4.55.